The van der Waals surface area contributed by atoms with Crippen LogP contribution in [0.15, 0.2) is 36.0 Å². The number of rotatable bonds is 5. The number of fused-ring (bicyclic) bond motifs is 1. The Balaban J connectivity index is 1.89. The summed E-state index contributed by atoms with van der Waals surface area (Å²) in [5.41, 5.74) is 4.37. The Labute approximate surface area is 151 Å². The predicted octanol–water partition coefficient (Wildman–Crippen LogP) is 4.88. The normalized spacial score (nSPS) is 11.2. The molecule has 4 nitrogen and oxygen atoms in total. The van der Waals surface area contributed by atoms with E-state index in [2.05, 4.69) is 53.8 Å². The number of hydrogen-bond acceptors (Lipinski definition) is 4. The lowest BCUT2D eigenvalue weighted by Crippen LogP contribution is -2.00. The van der Waals surface area contributed by atoms with Crippen LogP contribution in [0.25, 0.3) is 10.9 Å². The molecule has 2 heterocycles. The molecule has 1 aromatic carbocycles. The molecule has 3 aromatic rings. The summed E-state index contributed by atoms with van der Waals surface area (Å²) in [5, 5.41) is 10.9. The van der Waals surface area contributed by atoms with Crippen LogP contribution in [0.2, 0.25) is 5.15 Å². The lowest BCUT2D eigenvalue weighted by molar-refractivity contribution is 0.703. The van der Waals surface area contributed by atoms with Crippen molar-refractivity contribution in [2.75, 3.05) is 0 Å². The van der Waals surface area contributed by atoms with Gasteiger partial charge in [-0.2, -0.15) is 0 Å². The third-order valence-electron chi connectivity index (χ3n) is 4.11. The van der Waals surface area contributed by atoms with E-state index < -0.39 is 0 Å². The van der Waals surface area contributed by atoms with Gasteiger partial charge in [-0.25, -0.2) is 4.98 Å². The van der Waals surface area contributed by atoms with Gasteiger partial charge in [0.2, 0.25) is 0 Å². The first-order valence-corrected chi connectivity index (χ1v) is 9.06. The van der Waals surface area contributed by atoms with Gasteiger partial charge in [0.25, 0.3) is 0 Å². The third-order valence-corrected chi connectivity index (χ3v) is 5.45. The van der Waals surface area contributed by atoms with Crippen molar-refractivity contribution in [3.05, 3.63) is 58.5 Å². The Morgan fingerprint density at radius 2 is 2.04 bits per heavy atom. The highest BCUT2D eigenvalue weighted by Gasteiger charge is 2.12. The first-order valence-electron chi connectivity index (χ1n) is 7.70. The van der Waals surface area contributed by atoms with E-state index in [1.165, 1.54) is 11.1 Å². The predicted molar refractivity (Wildman–Crippen MR) is 101 cm³/mol. The molecule has 0 bridgehead atoms. The fourth-order valence-electron chi connectivity index (χ4n) is 2.56. The number of aryl methyl sites for hydroxylation is 3. The molecule has 6 heteroatoms. The summed E-state index contributed by atoms with van der Waals surface area (Å²) >= 11 is 8.02. The van der Waals surface area contributed by atoms with Crippen LogP contribution in [0.4, 0.5) is 0 Å². The van der Waals surface area contributed by atoms with E-state index in [0.29, 0.717) is 17.5 Å². The second-order valence-electron chi connectivity index (χ2n) is 5.74. The van der Waals surface area contributed by atoms with Gasteiger partial charge in [-0.3, -0.25) is 0 Å². The SMILES string of the molecule is C=CCn1c(C)nnc1SCc1cc2ccc(C)c(C)c2nc1Cl. The summed E-state index contributed by atoms with van der Waals surface area (Å²) in [7, 11) is 0. The van der Waals surface area contributed by atoms with Crippen molar-refractivity contribution in [1.29, 1.82) is 0 Å². The second-order valence-corrected chi connectivity index (χ2v) is 7.04. The van der Waals surface area contributed by atoms with E-state index in [0.717, 1.165) is 27.4 Å². The minimum absolute atomic E-state index is 0.551. The minimum Gasteiger partial charge on any atom is -0.302 e. The summed E-state index contributed by atoms with van der Waals surface area (Å²) in [6, 6.07) is 6.33. The Hall–Kier alpha value is -1.85. The molecule has 0 fully saturated rings. The molecule has 0 aliphatic rings. The zero-order chi connectivity index (χ0) is 17.3. The van der Waals surface area contributed by atoms with Gasteiger partial charge in [0.05, 0.1) is 5.52 Å². The van der Waals surface area contributed by atoms with E-state index in [1.807, 2.05) is 17.6 Å². The maximum atomic E-state index is 6.42. The summed E-state index contributed by atoms with van der Waals surface area (Å²) in [4.78, 5) is 4.61. The first kappa shape index (κ1) is 17.0. The fraction of sp³-hybridized carbons (Fsp3) is 0.278. The first-order chi connectivity index (χ1) is 11.5. The molecule has 0 spiro atoms. The molecule has 0 atom stereocenters. The van der Waals surface area contributed by atoms with Crippen molar-refractivity contribution in [1.82, 2.24) is 19.7 Å². The monoisotopic (exact) mass is 358 g/mol. The number of nitrogens with zero attached hydrogens (tertiary/aromatic N) is 4. The van der Waals surface area contributed by atoms with E-state index >= 15 is 0 Å². The summed E-state index contributed by atoms with van der Waals surface area (Å²) in [5.74, 6) is 1.58. The second kappa shape index (κ2) is 6.95. The maximum Gasteiger partial charge on any atom is 0.191 e. The zero-order valence-electron chi connectivity index (χ0n) is 14.0. The molecule has 0 aliphatic heterocycles. The number of aromatic nitrogens is 4. The molecular weight excluding hydrogens is 340 g/mol. The molecule has 124 valence electrons. The number of halogens is 1. The molecule has 0 saturated carbocycles. The molecule has 0 saturated heterocycles. The van der Waals surface area contributed by atoms with Crippen molar-refractivity contribution in [3.8, 4) is 0 Å². The maximum absolute atomic E-state index is 6.42. The van der Waals surface area contributed by atoms with Crippen molar-refractivity contribution in [2.24, 2.45) is 0 Å². The minimum atomic E-state index is 0.551. The van der Waals surface area contributed by atoms with Gasteiger partial charge in [0.15, 0.2) is 5.16 Å². The van der Waals surface area contributed by atoms with Gasteiger partial charge < -0.3 is 4.57 Å². The van der Waals surface area contributed by atoms with Crippen LogP contribution in [-0.4, -0.2) is 19.7 Å². The quantitative estimate of drug-likeness (QED) is 0.370. The highest BCUT2D eigenvalue weighted by atomic mass is 35.5. The Kier molecular flexibility index (Phi) is 4.92. The molecule has 24 heavy (non-hydrogen) atoms. The van der Waals surface area contributed by atoms with Gasteiger partial charge in [0, 0.05) is 23.2 Å². The highest BCUT2D eigenvalue weighted by Crippen LogP contribution is 2.29. The number of thioether (sulfide) groups is 1. The summed E-state index contributed by atoms with van der Waals surface area (Å²) < 4.78 is 2.04. The van der Waals surface area contributed by atoms with E-state index in [4.69, 9.17) is 11.6 Å². The van der Waals surface area contributed by atoms with Gasteiger partial charge in [-0.15, -0.1) is 16.8 Å². The Morgan fingerprint density at radius 3 is 2.79 bits per heavy atom. The number of allylic oxidation sites excluding steroid dienone is 1. The van der Waals surface area contributed by atoms with Crippen molar-refractivity contribution in [2.45, 2.75) is 38.2 Å². The average Bonchev–Trinajstić information content (AvgIpc) is 2.91. The summed E-state index contributed by atoms with van der Waals surface area (Å²) in [6.45, 7) is 10.6. The topological polar surface area (TPSA) is 43.6 Å². The zero-order valence-corrected chi connectivity index (χ0v) is 15.6. The van der Waals surface area contributed by atoms with Crippen molar-refractivity contribution < 1.29 is 0 Å². The van der Waals surface area contributed by atoms with Crippen LogP contribution >= 0.6 is 23.4 Å². The smallest absolute Gasteiger partial charge is 0.191 e. The van der Waals surface area contributed by atoms with Gasteiger partial charge in [-0.1, -0.05) is 41.6 Å². The lowest BCUT2D eigenvalue weighted by Gasteiger charge is -2.10. The molecule has 0 unspecified atom stereocenters. The van der Waals surface area contributed by atoms with Crippen LogP contribution in [0.5, 0.6) is 0 Å². The van der Waals surface area contributed by atoms with Crippen LogP contribution in [0, 0.1) is 20.8 Å². The van der Waals surface area contributed by atoms with E-state index in [9.17, 15) is 0 Å². The lowest BCUT2D eigenvalue weighted by atomic mass is 10.0. The van der Waals surface area contributed by atoms with Crippen LogP contribution < -0.4 is 0 Å². The standard InChI is InChI=1S/C18H19ClN4S/c1-5-8-23-13(4)21-22-18(23)24-10-15-9-14-7-6-11(2)12(3)16(14)20-17(15)19/h5-7,9H,1,8,10H2,2-4H3. The Bertz CT molecular complexity index is 917. The van der Waals surface area contributed by atoms with E-state index in [-0.39, 0.29) is 0 Å². The third kappa shape index (κ3) is 3.19. The molecule has 3 rings (SSSR count). The fourth-order valence-corrected chi connectivity index (χ4v) is 3.81. The number of hydrogen-bond donors (Lipinski definition) is 0. The summed E-state index contributed by atoms with van der Waals surface area (Å²) in [6.07, 6.45) is 1.84. The molecule has 0 aliphatic carbocycles. The Morgan fingerprint density at radius 1 is 1.25 bits per heavy atom. The van der Waals surface area contributed by atoms with Gasteiger partial charge in [-0.05, 0) is 38.0 Å². The molecule has 2 aromatic heterocycles. The van der Waals surface area contributed by atoms with E-state index in [1.54, 1.807) is 11.8 Å². The highest BCUT2D eigenvalue weighted by molar-refractivity contribution is 7.98. The molecule has 0 amide bonds. The van der Waals surface area contributed by atoms with Crippen LogP contribution in [0.3, 0.4) is 0 Å². The van der Waals surface area contributed by atoms with Crippen molar-refractivity contribution >= 4 is 34.3 Å². The number of pyridine rings is 1. The van der Waals surface area contributed by atoms with Crippen molar-refractivity contribution in [3.63, 3.8) is 0 Å². The van der Waals surface area contributed by atoms with Gasteiger partial charge >= 0.3 is 0 Å². The largest absolute Gasteiger partial charge is 0.302 e. The number of benzene rings is 1. The van der Waals surface area contributed by atoms with Crippen LogP contribution in [0.1, 0.15) is 22.5 Å². The average molecular weight is 359 g/mol. The van der Waals surface area contributed by atoms with Gasteiger partial charge in [0.1, 0.15) is 11.0 Å². The van der Waals surface area contributed by atoms with Crippen LogP contribution in [-0.2, 0) is 12.3 Å². The molecule has 0 radical (unpaired) electrons. The molecular formula is C18H19ClN4S. The molecule has 0 N–H and O–H groups in total.